The van der Waals surface area contributed by atoms with Crippen LogP contribution in [0.25, 0.3) is 0 Å². The summed E-state index contributed by atoms with van der Waals surface area (Å²) in [5, 5.41) is 6.29. The van der Waals surface area contributed by atoms with E-state index in [-0.39, 0.29) is 30.4 Å². The van der Waals surface area contributed by atoms with Crippen LogP contribution in [0.2, 0.25) is 0 Å². The standard InChI is InChI=1S/C14H18N2O2.ClH/c17-14(12-5-3-7-15-12)16-11-8-10-4-1-2-6-13(10)18-9-11;/h1-2,4,6,11-12,15H,3,5,7-9H2,(H,16,17);1H/t11?,12-;/m0./s1. The van der Waals surface area contributed by atoms with Crippen molar-refractivity contribution in [3.8, 4) is 5.75 Å². The number of carbonyl (C=O) groups is 1. The Balaban J connectivity index is 0.00000133. The SMILES string of the molecule is Cl.O=C(NC1COc2ccccc2C1)[C@@H]1CCCN1. The lowest BCUT2D eigenvalue weighted by Crippen LogP contribution is -2.49. The van der Waals surface area contributed by atoms with Crippen molar-refractivity contribution in [2.75, 3.05) is 13.2 Å². The van der Waals surface area contributed by atoms with E-state index in [0.29, 0.717) is 6.61 Å². The first kappa shape index (κ1) is 14.2. The number of carbonyl (C=O) groups excluding carboxylic acids is 1. The molecule has 5 heteroatoms. The molecule has 0 aliphatic carbocycles. The van der Waals surface area contributed by atoms with E-state index < -0.39 is 0 Å². The molecule has 1 aromatic rings. The Bertz CT molecular complexity index is 447. The van der Waals surface area contributed by atoms with Gasteiger partial charge in [-0.25, -0.2) is 0 Å². The molecule has 4 nitrogen and oxygen atoms in total. The Morgan fingerprint density at radius 2 is 2.21 bits per heavy atom. The first-order valence-electron chi connectivity index (χ1n) is 6.57. The van der Waals surface area contributed by atoms with Crippen molar-refractivity contribution in [1.29, 1.82) is 0 Å². The highest BCUT2D eigenvalue weighted by Gasteiger charge is 2.26. The molecule has 0 aromatic heterocycles. The highest BCUT2D eigenvalue weighted by atomic mass is 35.5. The molecule has 1 amide bonds. The molecule has 2 aliphatic heterocycles. The van der Waals surface area contributed by atoms with Gasteiger partial charge in [-0.2, -0.15) is 0 Å². The number of para-hydroxylation sites is 1. The Kier molecular flexibility index (Phi) is 4.66. The van der Waals surface area contributed by atoms with Crippen LogP contribution < -0.4 is 15.4 Å². The lowest BCUT2D eigenvalue weighted by atomic mass is 10.0. The topological polar surface area (TPSA) is 50.4 Å². The molecule has 1 unspecified atom stereocenters. The van der Waals surface area contributed by atoms with E-state index in [1.807, 2.05) is 18.2 Å². The minimum Gasteiger partial charge on any atom is -0.491 e. The number of hydrogen-bond donors (Lipinski definition) is 2. The van der Waals surface area contributed by atoms with Gasteiger partial charge in [-0.3, -0.25) is 4.79 Å². The number of rotatable bonds is 2. The molecular formula is C14H19ClN2O2. The van der Waals surface area contributed by atoms with Crippen LogP contribution in [0.1, 0.15) is 18.4 Å². The van der Waals surface area contributed by atoms with Crippen LogP contribution in [0.15, 0.2) is 24.3 Å². The normalized spacial score (nSPS) is 24.8. The van der Waals surface area contributed by atoms with E-state index in [2.05, 4.69) is 16.7 Å². The molecule has 0 saturated carbocycles. The molecule has 1 fully saturated rings. The maximum absolute atomic E-state index is 12.0. The fourth-order valence-electron chi connectivity index (χ4n) is 2.63. The van der Waals surface area contributed by atoms with Crippen LogP contribution in [-0.4, -0.2) is 31.1 Å². The second-order valence-electron chi connectivity index (χ2n) is 4.98. The first-order valence-corrected chi connectivity index (χ1v) is 6.57. The molecule has 2 N–H and O–H groups in total. The predicted octanol–water partition coefficient (Wildman–Crippen LogP) is 1.28. The molecule has 2 atom stereocenters. The van der Waals surface area contributed by atoms with Crippen molar-refractivity contribution < 1.29 is 9.53 Å². The van der Waals surface area contributed by atoms with Gasteiger partial charge >= 0.3 is 0 Å². The van der Waals surface area contributed by atoms with Gasteiger partial charge in [0, 0.05) is 0 Å². The molecule has 19 heavy (non-hydrogen) atoms. The van der Waals surface area contributed by atoms with Gasteiger partial charge in [-0.15, -0.1) is 12.4 Å². The summed E-state index contributed by atoms with van der Waals surface area (Å²) in [6.45, 7) is 1.51. The minimum atomic E-state index is -0.0119. The molecule has 0 radical (unpaired) electrons. The monoisotopic (exact) mass is 282 g/mol. The summed E-state index contributed by atoms with van der Waals surface area (Å²) in [5.74, 6) is 1.06. The fourth-order valence-corrected chi connectivity index (χ4v) is 2.63. The summed E-state index contributed by atoms with van der Waals surface area (Å²) in [6.07, 6.45) is 2.88. The van der Waals surface area contributed by atoms with Crippen molar-refractivity contribution in [1.82, 2.24) is 10.6 Å². The summed E-state index contributed by atoms with van der Waals surface area (Å²) in [5.41, 5.74) is 1.17. The van der Waals surface area contributed by atoms with Gasteiger partial charge in [0.25, 0.3) is 0 Å². The quantitative estimate of drug-likeness (QED) is 0.859. The smallest absolute Gasteiger partial charge is 0.237 e. The number of amides is 1. The van der Waals surface area contributed by atoms with Crippen LogP contribution in [0.5, 0.6) is 5.75 Å². The maximum atomic E-state index is 12.0. The van der Waals surface area contributed by atoms with E-state index in [4.69, 9.17) is 4.74 Å². The average Bonchev–Trinajstić information content (AvgIpc) is 2.92. The second-order valence-corrected chi connectivity index (χ2v) is 4.98. The van der Waals surface area contributed by atoms with Gasteiger partial charge in [0.15, 0.2) is 0 Å². The number of halogens is 1. The van der Waals surface area contributed by atoms with E-state index in [1.165, 1.54) is 5.56 Å². The van der Waals surface area contributed by atoms with Gasteiger partial charge < -0.3 is 15.4 Å². The van der Waals surface area contributed by atoms with Crippen LogP contribution in [-0.2, 0) is 11.2 Å². The van der Waals surface area contributed by atoms with Gasteiger partial charge in [0.2, 0.25) is 5.91 Å². The van der Waals surface area contributed by atoms with Crippen LogP contribution in [0.4, 0.5) is 0 Å². The van der Waals surface area contributed by atoms with E-state index in [0.717, 1.165) is 31.6 Å². The summed E-state index contributed by atoms with van der Waals surface area (Å²) >= 11 is 0. The lowest BCUT2D eigenvalue weighted by Gasteiger charge is -2.27. The molecule has 2 heterocycles. The van der Waals surface area contributed by atoms with E-state index >= 15 is 0 Å². The van der Waals surface area contributed by atoms with Crippen molar-refractivity contribution in [2.45, 2.75) is 31.3 Å². The van der Waals surface area contributed by atoms with Crippen LogP contribution in [0.3, 0.4) is 0 Å². The summed E-state index contributed by atoms with van der Waals surface area (Å²) < 4.78 is 5.66. The van der Waals surface area contributed by atoms with E-state index in [1.54, 1.807) is 0 Å². The van der Waals surface area contributed by atoms with Crippen LogP contribution in [0, 0.1) is 0 Å². The Morgan fingerprint density at radius 1 is 1.37 bits per heavy atom. The molecule has 0 bridgehead atoms. The van der Waals surface area contributed by atoms with Gasteiger partial charge in [-0.05, 0) is 37.4 Å². The molecule has 0 spiro atoms. The molecule has 3 rings (SSSR count). The zero-order valence-corrected chi connectivity index (χ0v) is 11.5. The minimum absolute atomic E-state index is 0. The molecule has 1 saturated heterocycles. The number of fused-ring (bicyclic) bond motifs is 1. The van der Waals surface area contributed by atoms with Crippen LogP contribution >= 0.6 is 12.4 Å². The second kappa shape index (κ2) is 6.26. The van der Waals surface area contributed by atoms with Crippen molar-refractivity contribution in [3.63, 3.8) is 0 Å². The lowest BCUT2D eigenvalue weighted by molar-refractivity contribution is -0.123. The van der Waals surface area contributed by atoms with Gasteiger partial charge in [-0.1, -0.05) is 18.2 Å². The average molecular weight is 283 g/mol. The fraction of sp³-hybridized carbons (Fsp3) is 0.500. The first-order chi connectivity index (χ1) is 8.83. The molecule has 1 aromatic carbocycles. The third-order valence-electron chi connectivity index (χ3n) is 3.60. The largest absolute Gasteiger partial charge is 0.491 e. The maximum Gasteiger partial charge on any atom is 0.237 e. The number of hydrogen-bond acceptors (Lipinski definition) is 3. The van der Waals surface area contributed by atoms with Gasteiger partial charge in [0.1, 0.15) is 12.4 Å². The predicted molar refractivity (Wildman–Crippen MR) is 75.8 cm³/mol. The van der Waals surface area contributed by atoms with Crippen molar-refractivity contribution in [3.05, 3.63) is 29.8 Å². The Hall–Kier alpha value is -1.26. The molecule has 2 aliphatic rings. The highest BCUT2D eigenvalue weighted by molar-refractivity contribution is 5.85. The third kappa shape index (κ3) is 3.19. The number of nitrogens with one attached hydrogen (secondary N) is 2. The number of ether oxygens (including phenoxy) is 1. The third-order valence-corrected chi connectivity index (χ3v) is 3.60. The summed E-state index contributed by atoms with van der Waals surface area (Å²) in [6, 6.07) is 8.09. The zero-order valence-electron chi connectivity index (χ0n) is 10.7. The van der Waals surface area contributed by atoms with Gasteiger partial charge in [0.05, 0.1) is 12.1 Å². The summed E-state index contributed by atoms with van der Waals surface area (Å²) in [7, 11) is 0. The zero-order chi connectivity index (χ0) is 12.4. The molecule has 104 valence electrons. The Labute approximate surface area is 119 Å². The summed E-state index contributed by atoms with van der Waals surface area (Å²) in [4.78, 5) is 12.0. The Morgan fingerprint density at radius 3 is 3.00 bits per heavy atom. The van der Waals surface area contributed by atoms with Crippen molar-refractivity contribution in [2.24, 2.45) is 0 Å². The highest BCUT2D eigenvalue weighted by Crippen LogP contribution is 2.23. The van der Waals surface area contributed by atoms with E-state index in [9.17, 15) is 4.79 Å². The van der Waals surface area contributed by atoms with Crippen molar-refractivity contribution >= 4 is 18.3 Å². The molecular weight excluding hydrogens is 264 g/mol. The number of benzene rings is 1.